The Bertz CT molecular complexity index is 1190. The number of rotatable bonds is 5. The van der Waals surface area contributed by atoms with Gasteiger partial charge in [-0.15, -0.1) is 0 Å². The summed E-state index contributed by atoms with van der Waals surface area (Å²) in [5.74, 6) is 1.73. The molecule has 6 heteroatoms. The van der Waals surface area contributed by atoms with Crippen molar-refractivity contribution in [2.75, 3.05) is 13.7 Å². The molecule has 0 fully saturated rings. The van der Waals surface area contributed by atoms with E-state index in [1.165, 1.54) is 16.6 Å². The van der Waals surface area contributed by atoms with Crippen molar-refractivity contribution >= 4 is 26.8 Å². The Morgan fingerprint density at radius 2 is 2.07 bits per heavy atom. The third kappa shape index (κ3) is 3.57. The maximum Gasteiger partial charge on any atom is 0.130 e. The van der Waals surface area contributed by atoms with Crippen molar-refractivity contribution in [3.8, 4) is 11.5 Å². The summed E-state index contributed by atoms with van der Waals surface area (Å²) >= 11 is 3.63. The number of aromatic nitrogens is 2. The van der Waals surface area contributed by atoms with Crippen LogP contribution in [0.15, 0.2) is 65.3 Å². The SMILES string of the molecule is COc1ccc2[nH]c3c(c2c1)CCN[C@@H]3c1cc(Br)ccc1OCc1ccccn1. The highest BCUT2D eigenvalue weighted by atomic mass is 79.9. The Kier molecular flexibility index (Phi) is 5.19. The molecule has 0 spiro atoms. The molecule has 0 saturated carbocycles. The van der Waals surface area contributed by atoms with Crippen molar-refractivity contribution in [3.63, 3.8) is 0 Å². The molecule has 1 aliphatic rings. The number of nitrogens with zero attached hydrogens (tertiary/aromatic N) is 1. The lowest BCUT2D eigenvalue weighted by Gasteiger charge is -2.26. The lowest BCUT2D eigenvalue weighted by Crippen LogP contribution is -2.30. The maximum atomic E-state index is 6.20. The number of H-pyrrole nitrogens is 1. The number of halogens is 1. The van der Waals surface area contributed by atoms with E-state index >= 15 is 0 Å². The highest BCUT2D eigenvalue weighted by Crippen LogP contribution is 2.39. The molecule has 2 aromatic heterocycles. The van der Waals surface area contributed by atoms with E-state index in [2.05, 4.69) is 49.4 Å². The molecule has 5 rings (SSSR count). The van der Waals surface area contributed by atoms with Crippen molar-refractivity contribution in [1.82, 2.24) is 15.3 Å². The van der Waals surface area contributed by atoms with Crippen LogP contribution in [-0.2, 0) is 13.0 Å². The Morgan fingerprint density at radius 1 is 1.13 bits per heavy atom. The van der Waals surface area contributed by atoms with Gasteiger partial charge in [0.1, 0.15) is 18.1 Å². The first-order valence-corrected chi connectivity index (χ1v) is 10.8. The number of ether oxygens (including phenoxy) is 2. The van der Waals surface area contributed by atoms with Gasteiger partial charge in [0.05, 0.1) is 18.8 Å². The zero-order valence-electron chi connectivity index (χ0n) is 16.6. The summed E-state index contributed by atoms with van der Waals surface area (Å²) in [5, 5.41) is 4.89. The van der Waals surface area contributed by atoms with E-state index in [1.807, 2.05) is 36.4 Å². The summed E-state index contributed by atoms with van der Waals surface area (Å²) in [6.07, 6.45) is 2.76. The molecule has 1 atom stereocenters. The van der Waals surface area contributed by atoms with Gasteiger partial charge in [-0.05, 0) is 60.5 Å². The van der Waals surface area contributed by atoms with Gasteiger partial charge in [-0.25, -0.2) is 0 Å². The molecule has 4 aromatic rings. The van der Waals surface area contributed by atoms with Crippen molar-refractivity contribution < 1.29 is 9.47 Å². The molecule has 0 unspecified atom stereocenters. The first-order valence-electron chi connectivity index (χ1n) is 9.97. The number of hydrogen-bond acceptors (Lipinski definition) is 4. The third-order valence-electron chi connectivity index (χ3n) is 5.54. The highest BCUT2D eigenvalue weighted by molar-refractivity contribution is 9.10. The second-order valence-electron chi connectivity index (χ2n) is 7.36. The first-order chi connectivity index (χ1) is 14.7. The topological polar surface area (TPSA) is 59.2 Å². The molecule has 2 aromatic carbocycles. The van der Waals surface area contributed by atoms with E-state index in [0.717, 1.165) is 45.7 Å². The first kappa shape index (κ1) is 19.2. The van der Waals surface area contributed by atoms with Gasteiger partial charge in [0.2, 0.25) is 0 Å². The number of nitrogens with one attached hydrogen (secondary N) is 2. The second kappa shape index (κ2) is 8.13. The zero-order chi connectivity index (χ0) is 20.5. The fraction of sp³-hybridized carbons (Fsp3) is 0.208. The number of methoxy groups -OCH3 is 1. The predicted octanol–water partition coefficient (Wildman–Crippen LogP) is 5.15. The summed E-state index contributed by atoms with van der Waals surface area (Å²) in [6, 6.07) is 18.2. The number of benzene rings is 2. The van der Waals surface area contributed by atoms with Crippen LogP contribution < -0.4 is 14.8 Å². The average Bonchev–Trinajstić information content (AvgIpc) is 3.17. The van der Waals surface area contributed by atoms with Crippen LogP contribution in [0.3, 0.4) is 0 Å². The van der Waals surface area contributed by atoms with Crippen LogP contribution in [0.5, 0.6) is 11.5 Å². The molecule has 5 nitrogen and oxygen atoms in total. The monoisotopic (exact) mass is 463 g/mol. The minimum Gasteiger partial charge on any atom is -0.497 e. The fourth-order valence-electron chi connectivity index (χ4n) is 4.11. The number of fused-ring (bicyclic) bond motifs is 3. The molecule has 2 N–H and O–H groups in total. The van der Waals surface area contributed by atoms with Gasteiger partial charge in [-0.1, -0.05) is 22.0 Å². The number of hydrogen-bond donors (Lipinski definition) is 2. The van der Waals surface area contributed by atoms with E-state index in [0.29, 0.717) is 6.61 Å². The van der Waals surface area contributed by atoms with Crippen LogP contribution in [0.2, 0.25) is 0 Å². The van der Waals surface area contributed by atoms with Crippen LogP contribution in [0.1, 0.15) is 28.6 Å². The minimum atomic E-state index is 0.0170. The molecule has 30 heavy (non-hydrogen) atoms. The minimum absolute atomic E-state index is 0.0170. The Balaban J connectivity index is 1.54. The van der Waals surface area contributed by atoms with E-state index in [-0.39, 0.29) is 6.04 Å². The van der Waals surface area contributed by atoms with Crippen LogP contribution in [0.25, 0.3) is 10.9 Å². The maximum absolute atomic E-state index is 6.20. The van der Waals surface area contributed by atoms with Gasteiger partial charge in [0.15, 0.2) is 0 Å². The smallest absolute Gasteiger partial charge is 0.130 e. The normalized spacial score (nSPS) is 15.7. The Morgan fingerprint density at radius 3 is 2.90 bits per heavy atom. The zero-order valence-corrected chi connectivity index (χ0v) is 18.2. The third-order valence-corrected chi connectivity index (χ3v) is 6.04. The highest BCUT2D eigenvalue weighted by Gasteiger charge is 2.28. The van der Waals surface area contributed by atoms with Crippen molar-refractivity contribution in [3.05, 3.63) is 87.8 Å². The molecule has 0 saturated heterocycles. The molecule has 3 heterocycles. The lowest BCUT2D eigenvalue weighted by molar-refractivity contribution is 0.295. The van der Waals surface area contributed by atoms with Crippen LogP contribution in [0.4, 0.5) is 0 Å². The number of aromatic amines is 1. The molecule has 1 aliphatic heterocycles. The summed E-state index contributed by atoms with van der Waals surface area (Å²) in [6.45, 7) is 1.33. The second-order valence-corrected chi connectivity index (χ2v) is 8.27. The molecule has 0 bridgehead atoms. The van der Waals surface area contributed by atoms with E-state index in [1.54, 1.807) is 13.3 Å². The van der Waals surface area contributed by atoms with Gasteiger partial charge in [0.25, 0.3) is 0 Å². The summed E-state index contributed by atoms with van der Waals surface area (Å²) in [7, 11) is 1.71. The molecule has 0 amide bonds. The standard InChI is InChI=1S/C24H22BrN3O2/c1-29-17-6-7-21-19(13-17)18-9-11-27-23(24(18)28-21)20-12-15(25)5-8-22(20)30-14-16-4-2-3-10-26-16/h2-8,10,12-13,23,27-28H,9,11,14H2,1H3/t23-/m1/s1. The fourth-order valence-corrected chi connectivity index (χ4v) is 4.49. The van der Waals surface area contributed by atoms with Crippen molar-refractivity contribution in [2.24, 2.45) is 0 Å². The van der Waals surface area contributed by atoms with Gasteiger partial charge >= 0.3 is 0 Å². The molecule has 152 valence electrons. The Hall–Kier alpha value is -2.83. The summed E-state index contributed by atoms with van der Waals surface area (Å²) in [5.41, 5.74) is 5.65. The van der Waals surface area contributed by atoms with Crippen molar-refractivity contribution in [2.45, 2.75) is 19.1 Å². The van der Waals surface area contributed by atoms with Crippen LogP contribution in [0, 0.1) is 0 Å². The van der Waals surface area contributed by atoms with E-state index in [4.69, 9.17) is 9.47 Å². The lowest BCUT2D eigenvalue weighted by atomic mass is 9.94. The molecule has 0 radical (unpaired) electrons. The van der Waals surface area contributed by atoms with E-state index < -0.39 is 0 Å². The molecular formula is C24H22BrN3O2. The summed E-state index contributed by atoms with van der Waals surface area (Å²) < 4.78 is 12.7. The van der Waals surface area contributed by atoms with Gasteiger partial charge in [-0.2, -0.15) is 0 Å². The largest absolute Gasteiger partial charge is 0.497 e. The van der Waals surface area contributed by atoms with Crippen LogP contribution in [-0.4, -0.2) is 23.6 Å². The number of pyridine rings is 1. The molecule has 0 aliphatic carbocycles. The van der Waals surface area contributed by atoms with Crippen molar-refractivity contribution in [1.29, 1.82) is 0 Å². The van der Waals surface area contributed by atoms with Gasteiger partial charge in [0, 0.05) is 39.4 Å². The van der Waals surface area contributed by atoms with Crippen LogP contribution >= 0.6 is 15.9 Å². The van der Waals surface area contributed by atoms with Gasteiger partial charge < -0.3 is 19.8 Å². The predicted molar refractivity (Wildman–Crippen MR) is 121 cm³/mol. The average molecular weight is 464 g/mol. The molecular weight excluding hydrogens is 442 g/mol. The van der Waals surface area contributed by atoms with Gasteiger partial charge in [-0.3, -0.25) is 4.98 Å². The quantitative estimate of drug-likeness (QED) is 0.429. The Labute approximate surface area is 183 Å². The summed E-state index contributed by atoms with van der Waals surface area (Å²) in [4.78, 5) is 8.00. The van der Waals surface area contributed by atoms with E-state index in [9.17, 15) is 0 Å².